The number of ether oxygens (including phenoxy) is 2. The van der Waals surface area contributed by atoms with E-state index in [1.54, 1.807) is 6.07 Å². The van der Waals surface area contributed by atoms with Crippen molar-refractivity contribution in [1.82, 2.24) is 14.5 Å². The molecule has 0 amide bonds. The van der Waals surface area contributed by atoms with Crippen molar-refractivity contribution in [2.45, 2.75) is 26.3 Å². The van der Waals surface area contributed by atoms with E-state index >= 15 is 0 Å². The summed E-state index contributed by atoms with van der Waals surface area (Å²) in [5.41, 5.74) is 5.95. The Labute approximate surface area is 214 Å². The number of aliphatic carboxylic acids is 1. The normalized spacial score (nSPS) is 15.7. The molecule has 37 heavy (non-hydrogen) atoms. The van der Waals surface area contributed by atoms with Crippen LogP contribution in [0.3, 0.4) is 0 Å². The average Bonchev–Trinajstić information content (AvgIpc) is 2.90. The molecule has 4 heterocycles. The predicted molar refractivity (Wildman–Crippen MR) is 141 cm³/mol. The third-order valence-corrected chi connectivity index (χ3v) is 7.54. The van der Waals surface area contributed by atoms with Crippen LogP contribution in [0.15, 0.2) is 47.4 Å². The molecule has 2 aromatic carbocycles. The second kappa shape index (κ2) is 9.61. The van der Waals surface area contributed by atoms with Gasteiger partial charge in [-0.3, -0.25) is 19.5 Å². The maximum Gasteiger partial charge on any atom is 0.307 e. The van der Waals surface area contributed by atoms with Crippen LogP contribution in [0.25, 0.3) is 32.9 Å². The summed E-state index contributed by atoms with van der Waals surface area (Å²) >= 11 is 0. The summed E-state index contributed by atoms with van der Waals surface area (Å²) in [6, 6.07) is 11.3. The lowest BCUT2D eigenvalue weighted by Crippen LogP contribution is -2.39. The van der Waals surface area contributed by atoms with Gasteiger partial charge in [-0.1, -0.05) is 0 Å². The molecule has 1 N–H and O–H groups in total. The van der Waals surface area contributed by atoms with Gasteiger partial charge >= 0.3 is 5.97 Å². The summed E-state index contributed by atoms with van der Waals surface area (Å²) in [5, 5.41) is 11.6. The van der Waals surface area contributed by atoms with Gasteiger partial charge in [0.1, 0.15) is 5.75 Å². The maximum atomic E-state index is 13.1. The zero-order chi connectivity index (χ0) is 25.5. The van der Waals surface area contributed by atoms with Gasteiger partial charge in [-0.05, 0) is 59.5 Å². The van der Waals surface area contributed by atoms with Gasteiger partial charge in [0.2, 0.25) is 0 Å². The molecular formula is C29H29N3O5. The first-order valence-electron chi connectivity index (χ1n) is 12.7. The van der Waals surface area contributed by atoms with E-state index in [9.17, 15) is 14.7 Å². The highest BCUT2D eigenvalue weighted by atomic mass is 16.5. The molecule has 8 heteroatoms. The topological polar surface area (TPSA) is 93.9 Å². The summed E-state index contributed by atoms with van der Waals surface area (Å²) in [6.07, 6.45) is 2.49. The van der Waals surface area contributed by atoms with Gasteiger partial charge in [-0.15, -0.1) is 0 Å². The van der Waals surface area contributed by atoms with Crippen LogP contribution in [0.5, 0.6) is 5.75 Å². The van der Waals surface area contributed by atoms with E-state index in [0.717, 1.165) is 75.9 Å². The first-order valence-corrected chi connectivity index (χ1v) is 12.7. The molecule has 8 nitrogen and oxygen atoms in total. The molecule has 0 spiro atoms. The predicted octanol–water partition coefficient (Wildman–Crippen LogP) is 3.42. The molecule has 0 bridgehead atoms. The molecule has 0 unspecified atom stereocenters. The molecule has 4 aromatic rings. The number of morpholine rings is 1. The molecule has 2 aromatic heterocycles. The number of aryl methyl sites for hydroxylation is 1. The van der Waals surface area contributed by atoms with Crippen molar-refractivity contribution in [2.24, 2.45) is 0 Å². The van der Waals surface area contributed by atoms with Crippen molar-refractivity contribution in [2.75, 3.05) is 39.5 Å². The summed E-state index contributed by atoms with van der Waals surface area (Å²) < 4.78 is 13.2. The Morgan fingerprint density at radius 2 is 1.92 bits per heavy atom. The molecule has 2 aliphatic rings. The zero-order valence-corrected chi connectivity index (χ0v) is 20.8. The highest BCUT2D eigenvalue weighted by molar-refractivity contribution is 6.07. The minimum absolute atomic E-state index is 0.0690. The SMILES string of the molecule is Cc1cc2c(ccc(=O)n2CCN2CCOCC2)c(-c2ccc3c4c(ccnc24)CCO3)c1CC(=O)O. The molecule has 1 saturated heterocycles. The zero-order valence-electron chi connectivity index (χ0n) is 20.8. The Hall–Kier alpha value is -3.75. The number of hydrogen-bond acceptors (Lipinski definition) is 6. The molecule has 0 aliphatic carbocycles. The van der Waals surface area contributed by atoms with Gasteiger partial charge in [0, 0.05) is 61.2 Å². The van der Waals surface area contributed by atoms with E-state index < -0.39 is 5.97 Å². The van der Waals surface area contributed by atoms with Crippen LogP contribution in [0, 0.1) is 6.92 Å². The Balaban J connectivity index is 1.59. The lowest BCUT2D eigenvalue weighted by molar-refractivity contribution is -0.136. The lowest BCUT2D eigenvalue weighted by atomic mass is 9.87. The molecule has 2 aliphatic heterocycles. The maximum absolute atomic E-state index is 13.1. The van der Waals surface area contributed by atoms with Crippen LogP contribution in [-0.2, 0) is 28.9 Å². The van der Waals surface area contributed by atoms with Gasteiger partial charge < -0.3 is 19.1 Å². The van der Waals surface area contributed by atoms with Crippen molar-refractivity contribution in [1.29, 1.82) is 0 Å². The first-order chi connectivity index (χ1) is 18.0. The number of aromatic nitrogens is 2. The molecule has 0 saturated carbocycles. The average molecular weight is 500 g/mol. The number of rotatable bonds is 6. The first kappa shape index (κ1) is 23.6. The Kier molecular flexibility index (Phi) is 6.14. The largest absolute Gasteiger partial charge is 0.493 e. The van der Waals surface area contributed by atoms with Gasteiger partial charge in [0.25, 0.3) is 5.56 Å². The van der Waals surface area contributed by atoms with Crippen LogP contribution < -0.4 is 10.3 Å². The standard InChI is InChI=1S/C29H29N3O5/c1-18-16-23-20(3-5-25(33)32(23)10-9-31-11-14-36-15-12-31)28(22(18)17-26(34)35)21-2-4-24-27-19(7-13-37-24)6-8-30-29(21)27/h2-6,8,16H,7,9-15,17H2,1H3,(H,34,35). The van der Waals surface area contributed by atoms with Crippen molar-refractivity contribution in [3.05, 3.63) is 69.6 Å². The second-order valence-corrected chi connectivity index (χ2v) is 9.73. The minimum atomic E-state index is -0.900. The van der Waals surface area contributed by atoms with E-state index in [1.165, 1.54) is 5.56 Å². The Morgan fingerprint density at radius 3 is 2.73 bits per heavy atom. The molecule has 1 fully saturated rings. The number of fused-ring (bicyclic) bond motifs is 1. The second-order valence-electron chi connectivity index (χ2n) is 9.73. The number of hydrogen-bond donors (Lipinski definition) is 1. The fourth-order valence-electron chi connectivity index (χ4n) is 5.70. The van der Waals surface area contributed by atoms with Crippen molar-refractivity contribution in [3.63, 3.8) is 0 Å². The smallest absolute Gasteiger partial charge is 0.307 e. The molecular weight excluding hydrogens is 470 g/mol. The van der Waals surface area contributed by atoms with Gasteiger partial charge in [0.05, 0.1) is 37.3 Å². The van der Waals surface area contributed by atoms with E-state index in [4.69, 9.17) is 14.5 Å². The third kappa shape index (κ3) is 4.26. The molecule has 0 atom stereocenters. The highest BCUT2D eigenvalue weighted by Gasteiger charge is 2.23. The minimum Gasteiger partial charge on any atom is -0.493 e. The molecule has 0 radical (unpaired) electrons. The summed E-state index contributed by atoms with van der Waals surface area (Å²) in [6.45, 7) is 6.94. The summed E-state index contributed by atoms with van der Waals surface area (Å²) in [5.74, 6) is -0.101. The van der Waals surface area contributed by atoms with Crippen molar-refractivity contribution in [3.8, 4) is 16.9 Å². The third-order valence-electron chi connectivity index (χ3n) is 7.54. The van der Waals surface area contributed by atoms with E-state index in [-0.39, 0.29) is 12.0 Å². The van der Waals surface area contributed by atoms with Crippen LogP contribution in [0.2, 0.25) is 0 Å². The highest BCUT2D eigenvalue weighted by Crippen LogP contribution is 2.42. The van der Waals surface area contributed by atoms with Gasteiger partial charge in [0.15, 0.2) is 0 Å². The quantitative estimate of drug-likeness (QED) is 0.435. The van der Waals surface area contributed by atoms with Crippen LogP contribution >= 0.6 is 0 Å². The number of carbonyl (C=O) groups is 1. The number of carboxylic acid groups (broad SMARTS) is 1. The van der Waals surface area contributed by atoms with E-state index in [2.05, 4.69) is 4.90 Å². The van der Waals surface area contributed by atoms with Crippen LogP contribution in [0.1, 0.15) is 16.7 Å². The van der Waals surface area contributed by atoms with Gasteiger partial charge in [-0.2, -0.15) is 0 Å². The fourth-order valence-corrected chi connectivity index (χ4v) is 5.70. The van der Waals surface area contributed by atoms with Gasteiger partial charge in [-0.25, -0.2) is 0 Å². The number of pyridine rings is 2. The van der Waals surface area contributed by atoms with Crippen LogP contribution in [-0.4, -0.2) is 65.0 Å². The fraction of sp³-hybridized carbons (Fsp3) is 0.345. The number of carboxylic acids is 1. The van der Waals surface area contributed by atoms with Crippen molar-refractivity contribution >= 4 is 27.8 Å². The lowest BCUT2D eigenvalue weighted by Gasteiger charge is -2.27. The van der Waals surface area contributed by atoms with Crippen molar-refractivity contribution < 1.29 is 19.4 Å². The van der Waals surface area contributed by atoms with Crippen LogP contribution in [0.4, 0.5) is 0 Å². The summed E-state index contributed by atoms with van der Waals surface area (Å²) in [4.78, 5) is 32.1. The Bertz CT molecular complexity index is 1580. The Morgan fingerprint density at radius 1 is 1.08 bits per heavy atom. The number of benzene rings is 2. The summed E-state index contributed by atoms with van der Waals surface area (Å²) in [7, 11) is 0. The molecule has 6 rings (SSSR count). The van der Waals surface area contributed by atoms with E-state index in [0.29, 0.717) is 26.4 Å². The van der Waals surface area contributed by atoms with E-state index in [1.807, 2.05) is 48.0 Å². The molecule has 190 valence electrons. The number of nitrogens with zero attached hydrogens (tertiary/aromatic N) is 3. The monoisotopic (exact) mass is 499 g/mol.